The Labute approximate surface area is 76.7 Å². The van der Waals surface area contributed by atoms with Crippen LogP contribution >= 0.6 is 0 Å². The highest BCUT2D eigenvalue weighted by Crippen LogP contribution is 2.10. The first-order valence-corrected chi connectivity index (χ1v) is 4.01. The van der Waals surface area contributed by atoms with Crippen LogP contribution in [-0.4, -0.2) is 21.6 Å². The molecule has 0 atom stereocenters. The molecule has 0 bridgehead atoms. The molecule has 1 heterocycles. The largest absolute Gasteiger partial charge is 0.318 e. The number of rotatable bonds is 2. The van der Waals surface area contributed by atoms with Crippen molar-refractivity contribution in [1.82, 2.24) is 10.2 Å². The maximum absolute atomic E-state index is 11.4. The minimum absolute atomic E-state index is 0.236. The highest BCUT2D eigenvalue weighted by Gasteiger charge is 2.22. The fourth-order valence-electron chi connectivity index (χ4n) is 0.748. The summed E-state index contributed by atoms with van der Waals surface area (Å²) in [6.45, 7) is 5.14. The molecule has 0 saturated carbocycles. The van der Waals surface area contributed by atoms with Crippen LogP contribution in [0.5, 0.6) is 0 Å². The van der Waals surface area contributed by atoms with Gasteiger partial charge in [0.25, 0.3) is 0 Å². The zero-order chi connectivity index (χ0) is 10.1. The van der Waals surface area contributed by atoms with Crippen molar-refractivity contribution in [2.45, 2.75) is 26.3 Å². The van der Waals surface area contributed by atoms with Gasteiger partial charge in [0.05, 0.1) is 11.7 Å². The standard InChI is InChI=1S/C8H14N4O/c1-5-4-10-12-6(5)11-7(13)8(2,3)9/h4H,9H2,1-3H3,(H2,10,11,12,13). The summed E-state index contributed by atoms with van der Waals surface area (Å²) >= 11 is 0. The van der Waals surface area contributed by atoms with Gasteiger partial charge in [-0.15, -0.1) is 0 Å². The van der Waals surface area contributed by atoms with Gasteiger partial charge in [-0.3, -0.25) is 9.89 Å². The maximum atomic E-state index is 11.4. The molecular formula is C8H14N4O. The molecule has 0 spiro atoms. The van der Waals surface area contributed by atoms with Gasteiger partial charge in [-0.25, -0.2) is 0 Å². The lowest BCUT2D eigenvalue weighted by Gasteiger charge is -2.16. The van der Waals surface area contributed by atoms with Gasteiger partial charge < -0.3 is 11.1 Å². The van der Waals surface area contributed by atoms with Crippen molar-refractivity contribution in [2.75, 3.05) is 5.32 Å². The van der Waals surface area contributed by atoms with Crippen LogP contribution in [0.2, 0.25) is 0 Å². The number of hydrogen-bond acceptors (Lipinski definition) is 3. The van der Waals surface area contributed by atoms with E-state index in [-0.39, 0.29) is 5.91 Å². The normalized spacial score (nSPS) is 11.4. The van der Waals surface area contributed by atoms with E-state index in [0.29, 0.717) is 5.82 Å². The van der Waals surface area contributed by atoms with Gasteiger partial charge in [0, 0.05) is 5.56 Å². The number of amides is 1. The summed E-state index contributed by atoms with van der Waals surface area (Å²) in [6.07, 6.45) is 1.64. The summed E-state index contributed by atoms with van der Waals surface area (Å²) in [5.74, 6) is 0.364. The first-order valence-electron chi connectivity index (χ1n) is 4.01. The minimum Gasteiger partial charge on any atom is -0.318 e. The molecule has 1 aromatic rings. The van der Waals surface area contributed by atoms with Crippen LogP contribution in [0.4, 0.5) is 5.82 Å². The van der Waals surface area contributed by atoms with E-state index < -0.39 is 5.54 Å². The van der Waals surface area contributed by atoms with Gasteiger partial charge in [-0.2, -0.15) is 5.10 Å². The molecule has 0 aliphatic heterocycles. The number of aromatic amines is 1. The van der Waals surface area contributed by atoms with Crippen LogP contribution < -0.4 is 11.1 Å². The molecule has 0 unspecified atom stereocenters. The number of aryl methyl sites for hydroxylation is 1. The number of aromatic nitrogens is 2. The van der Waals surface area contributed by atoms with Crippen molar-refractivity contribution in [3.05, 3.63) is 11.8 Å². The molecule has 0 aromatic carbocycles. The van der Waals surface area contributed by atoms with Crippen molar-refractivity contribution in [2.24, 2.45) is 5.73 Å². The van der Waals surface area contributed by atoms with E-state index in [1.165, 1.54) is 0 Å². The number of hydrogen-bond donors (Lipinski definition) is 3. The number of nitrogens with zero attached hydrogens (tertiary/aromatic N) is 1. The van der Waals surface area contributed by atoms with Crippen LogP contribution in [0.3, 0.4) is 0 Å². The van der Waals surface area contributed by atoms with Crippen molar-refractivity contribution >= 4 is 11.7 Å². The third kappa shape index (κ3) is 2.29. The fourth-order valence-corrected chi connectivity index (χ4v) is 0.748. The quantitative estimate of drug-likeness (QED) is 0.618. The summed E-state index contributed by atoms with van der Waals surface area (Å²) in [7, 11) is 0. The Morgan fingerprint density at radius 3 is 2.69 bits per heavy atom. The van der Waals surface area contributed by atoms with Crippen LogP contribution in [-0.2, 0) is 4.79 Å². The first kappa shape index (κ1) is 9.73. The molecule has 13 heavy (non-hydrogen) atoms. The first-order chi connectivity index (χ1) is 5.91. The summed E-state index contributed by atoms with van der Waals surface area (Å²) in [5.41, 5.74) is 5.61. The number of H-pyrrole nitrogens is 1. The minimum atomic E-state index is -0.877. The third-order valence-corrected chi connectivity index (χ3v) is 1.65. The Hall–Kier alpha value is -1.36. The Balaban J connectivity index is 2.71. The average Bonchev–Trinajstić information content (AvgIpc) is 2.34. The molecule has 5 nitrogen and oxygen atoms in total. The van der Waals surface area contributed by atoms with Gasteiger partial charge in [-0.05, 0) is 20.8 Å². The van der Waals surface area contributed by atoms with Gasteiger partial charge in [0.15, 0.2) is 0 Å². The number of anilines is 1. The topological polar surface area (TPSA) is 83.8 Å². The molecular weight excluding hydrogens is 168 g/mol. The number of carbonyl (C=O) groups excluding carboxylic acids is 1. The van der Waals surface area contributed by atoms with Gasteiger partial charge in [0.2, 0.25) is 5.91 Å². The fraction of sp³-hybridized carbons (Fsp3) is 0.500. The molecule has 1 aromatic heterocycles. The molecule has 0 fully saturated rings. The Bertz CT molecular complexity index is 310. The van der Waals surface area contributed by atoms with E-state index in [4.69, 9.17) is 5.73 Å². The second-order valence-corrected chi connectivity index (χ2v) is 3.60. The average molecular weight is 182 g/mol. The monoisotopic (exact) mass is 182 g/mol. The highest BCUT2D eigenvalue weighted by atomic mass is 16.2. The zero-order valence-corrected chi connectivity index (χ0v) is 8.01. The number of carbonyl (C=O) groups is 1. The van der Waals surface area contributed by atoms with Gasteiger partial charge >= 0.3 is 0 Å². The Morgan fingerprint density at radius 1 is 1.69 bits per heavy atom. The zero-order valence-electron chi connectivity index (χ0n) is 8.01. The van der Waals surface area contributed by atoms with Crippen molar-refractivity contribution in [1.29, 1.82) is 0 Å². The summed E-state index contributed by atoms with van der Waals surface area (Å²) in [6, 6.07) is 0. The molecule has 0 aliphatic rings. The van der Waals surface area contributed by atoms with Crippen LogP contribution in [0.1, 0.15) is 19.4 Å². The number of nitrogens with one attached hydrogen (secondary N) is 2. The molecule has 0 radical (unpaired) electrons. The van der Waals surface area contributed by atoms with Crippen molar-refractivity contribution in [3.63, 3.8) is 0 Å². The lowest BCUT2D eigenvalue weighted by molar-refractivity contribution is -0.120. The molecule has 5 heteroatoms. The molecule has 1 amide bonds. The lowest BCUT2D eigenvalue weighted by Crippen LogP contribution is -2.45. The Morgan fingerprint density at radius 2 is 2.31 bits per heavy atom. The second kappa shape index (κ2) is 3.18. The van der Waals surface area contributed by atoms with E-state index in [1.54, 1.807) is 20.0 Å². The summed E-state index contributed by atoms with van der Waals surface area (Å²) in [5, 5.41) is 9.10. The molecule has 0 saturated heterocycles. The van der Waals surface area contributed by atoms with Gasteiger partial charge in [0.1, 0.15) is 5.82 Å². The predicted octanol–water partition coefficient (Wildman–Crippen LogP) is 0.394. The smallest absolute Gasteiger partial charge is 0.245 e. The van der Waals surface area contributed by atoms with Crippen molar-refractivity contribution in [3.8, 4) is 0 Å². The van der Waals surface area contributed by atoms with E-state index in [0.717, 1.165) is 5.56 Å². The second-order valence-electron chi connectivity index (χ2n) is 3.60. The Kier molecular flexibility index (Phi) is 2.38. The summed E-state index contributed by atoms with van der Waals surface area (Å²) < 4.78 is 0. The molecule has 1 rings (SSSR count). The van der Waals surface area contributed by atoms with E-state index in [2.05, 4.69) is 15.5 Å². The van der Waals surface area contributed by atoms with Crippen LogP contribution in [0.25, 0.3) is 0 Å². The van der Waals surface area contributed by atoms with Crippen molar-refractivity contribution < 1.29 is 4.79 Å². The molecule has 0 aliphatic carbocycles. The van der Waals surface area contributed by atoms with E-state index in [9.17, 15) is 4.79 Å². The summed E-state index contributed by atoms with van der Waals surface area (Å²) in [4.78, 5) is 11.4. The lowest BCUT2D eigenvalue weighted by atomic mass is 10.1. The number of nitrogens with two attached hydrogens (primary N) is 1. The SMILES string of the molecule is Cc1cn[nH]c1NC(=O)C(C)(C)N. The van der Waals surface area contributed by atoms with Crippen LogP contribution in [0, 0.1) is 6.92 Å². The van der Waals surface area contributed by atoms with E-state index >= 15 is 0 Å². The van der Waals surface area contributed by atoms with Crippen LogP contribution in [0.15, 0.2) is 6.20 Å². The third-order valence-electron chi connectivity index (χ3n) is 1.65. The highest BCUT2D eigenvalue weighted by molar-refractivity contribution is 5.96. The van der Waals surface area contributed by atoms with E-state index in [1.807, 2.05) is 6.92 Å². The molecule has 72 valence electrons. The van der Waals surface area contributed by atoms with Gasteiger partial charge in [-0.1, -0.05) is 0 Å². The molecule has 4 N–H and O–H groups in total. The maximum Gasteiger partial charge on any atom is 0.245 e. The predicted molar refractivity (Wildman–Crippen MR) is 50.2 cm³/mol.